The van der Waals surface area contributed by atoms with E-state index in [0.29, 0.717) is 18.6 Å². The minimum absolute atomic E-state index is 0.227. The molecule has 3 heteroatoms. The van der Waals surface area contributed by atoms with Gasteiger partial charge in [0.2, 0.25) is 5.91 Å². The van der Waals surface area contributed by atoms with E-state index in [1.807, 2.05) is 0 Å². The molecule has 0 aliphatic carbocycles. The second-order valence-corrected chi connectivity index (χ2v) is 4.38. The molecule has 0 radical (unpaired) electrons. The Morgan fingerprint density at radius 3 is 3.00 bits per heavy atom. The van der Waals surface area contributed by atoms with E-state index in [9.17, 15) is 4.79 Å². The minimum Gasteiger partial charge on any atom is -0.378 e. The Hall–Kier alpha value is -0.570. The quantitative estimate of drug-likeness (QED) is 0.730. The van der Waals surface area contributed by atoms with Gasteiger partial charge in [0.05, 0.1) is 6.10 Å². The molecule has 2 unspecified atom stereocenters. The lowest BCUT2D eigenvalue weighted by atomic mass is 10.0. The highest BCUT2D eigenvalue weighted by molar-refractivity contribution is 5.76. The second-order valence-electron chi connectivity index (χ2n) is 4.38. The predicted molar refractivity (Wildman–Crippen MR) is 54.0 cm³/mol. The van der Waals surface area contributed by atoms with Gasteiger partial charge in [0.15, 0.2) is 0 Å². The Balaban J connectivity index is 1.79. The number of nitrogens with one attached hydrogen (secondary N) is 1. The Bertz CT molecular complexity index is 199. The molecule has 2 saturated heterocycles. The molecule has 1 N–H and O–H groups in total. The summed E-state index contributed by atoms with van der Waals surface area (Å²) in [4.78, 5) is 11.3. The monoisotopic (exact) mass is 197 g/mol. The van der Waals surface area contributed by atoms with Gasteiger partial charge in [0.1, 0.15) is 0 Å². The van der Waals surface area contributed by atoms with E-state index in [1.54, 1.807) is 0 Å². The first-order valence-corrected chi connectivity index (χ1v) is 5.75. The van der Waals surface area contributed by atoms with Gasteiger partial charge in [0, 0.05) is 19.1 Å². The summed E-state index contributed by atoms with van der Waals surface area (Å²) in [6.07, 6.45) is 7.85. The van der Waals surface area contributed by atoms with Gasteiger partial charge in [-0.1, -0.05) is 6.42 Å². The predicted octanol–water partition coefficient (Wildman–Crippen LogP) is 1.61. The van der Waals surface area contributed by atoms with Crippen LogP contribution >= 0.6 is 0 Å². The van der Waals surface area contributed by atoms with Crippen LogP contribution in [0.2, 0.25) is 0 Å². The lowest BCUT2D eigenvalue weighted by Gasteiger charge is -2.19. The fraction of sp³-hybridized carbons (Fsp3) is 0.909. The third-order valence-corrected chi connectivity index (χ3v) is 3.14. The fourth-order valence-electron chi connectivity index (χ4n) is 2.37. The Morgan fingerprint density at radius 1 is 1.29 bits per heavy atom. The molecule has 3 nitrogen and oxygen atoms in total. The number of hydrogen-bond acceptors (Lipinski definition) is 2. The number of carbonyl (C=O) groups is 1. The maximum Gasteiger partial charge on any atom is 0.220 e. The van der Waals surface area contributed by atoms with Gasteiger partial charge in [-0.05, 0) is 32.1 Å². The van der Waals surface area contributed by atoms with Crippen LogP contribution in [-0.2, 0) is 9.53 Å². The van der Waals surface area contributed by atoms with Crippen molar-refractivity contribution in [1.29, 1.82) is 0 Å². The van der Waals surface area contributed by atoms with Crippen molar-refractivity contribution in [3.63, 3.8) is 0 Å². The fourth-order valence-corrected chi connectivity index (χ4v) is 2.37. The lowest BCUT2D eigenvalue weighted by Crippen LogP contribution is -2.35. The average molecular weight is 197 g/mol. The lowest BCUT2D eigenvalue weighted by molar-refractivity contribution is -0.121. The van der Waals surface area contributed by atoms with E-state index < -0.39 is 0 Å². The average Bonchev–Trinajstić information content (AvgIpc) is 2.56. The number of hydrogen-bond donors (Lipinski definition) is 1. The van der Waals surface area contributed by atoms with Crippen LogP contribution in [0.5, 0.6) is 0 Å². The molecule has 0 bridgehead atoms. The highest BCUT2D eigenvalue weighted by Crippen LogP contribution is 2.20. The zero-order valence-electron chi connectivity index (χ0n) is 8.63. The van der Waals surface area contributed by atoms with E-state index >= 15 is 0 Å². The van der Waals surface area contributed by atoms with Crippen molar-refractivity contribution in [1.82, 2.24) is 5.32 Å². The van der Waals surface area contributed by atoms with Gasteiger partial charge < -0.3 is 10.1 Å². The number of rotatable bonds is 2. The highest BCUT2D eigenvalue weighted by Gasteiger charge is 2.23. The first-order chi connectivity index (χ1) is 6.84. The standard InChI is InChI=1S/C11H19NO2/c13-11-6-2-1-4-9(12-11)8-10-5-3-7-14-10/h9-10H,1-8H2,(H,12,13). The summed E-state index contributed by atoms with van der Waals surface area (Å²) in [5.74, 6) is 0.227. The molecule has 2 aliphatic heterocycles. The summed E-state index contributed by atoms with van der Waals surface area (Å²) in [6.45, 7) is 0.908. The molecule has 1 amide bonds. The normalized spacial score (nSPS) is 33.9. The van der Waals surface area contributed by atoms with Crippen LogP contribution < -0.4 is 5.32 Å². The molecular weight excluding hydrogens is 178 g/mol. The van der Waals surface area contributed by atoms with Gasteiger partial charge in [0.25, 0.3) is 0 Å². The zero-order valence-corrected chi connectivity index (χ0v) is 8.63. The molecule has 0 aromatic rings. The van der Waals surface area contributed by atoms with Crippen LogP contribution in [0.1, 0.15) is 44.9 Å². The third kappa shape index (κ3) is 2.71. The minimum atomic E-state index is 0.227. The molecule has 14 heavy (non-hydrogen) atoms. The summed E-state index contributed by atoms with van der Waals surface area (Å²) in [5.41, 5.74) is 0. The van der Waals surface area contributed by atoms with Gasteiger partial charge in [-0.2, -0.15) is 0 Å². The molecule has 0 saturated carbocycles. The van der Waals surface area contributed by atoms with Crippen molar-refractivity contribution >= 4 is 5.91 Å². The van der Waals surface area contributed by atoms with Crippen LogP contribution in [0.4, 0.5) is 0 Å². The van der Waals surface area contributed by atoms with E-state index in [-0.39, 0.29) is 5.91 Å². The van der Waals surface area contributed by atoms with Crippen LogP contribution in [0, 0.1) is 0 Å². The molecule has 2 rings (SSSR count). The number of amides is 1. The van der Waals surface area contributed by atoms with Crippen LogP contribution in [-0.4, -0.2) is 24.7 Å². The maximum absolute atomic E-state index is 11.3. The third-order valence-electron chi connectivity index (χ3n) is 3.14. The van der Waals surface area contributed by atoms with Gasteiger partial charge in [-0.3, -0.25) is 4.79 Å². The molecule has 0 aromatic carbocycles. The maximum atomic E-state index is 11.3. The van der Waals surface area contributed by atoms with Crippen molar-refractivity contribution in [2.75, 3.05) is 6.61 Å². The molecule has 0 spiro atoms. The molecular formula is C11H19NO2. The van der Waals surface area contributed by atoms with Gasteiger partial charge in [-0.15, -0.1) is 0 Å². The summed E-state index contributed by atoms with van der Waals surface area (Å²) in [6, 6.07) is 0.369. The topological polar surface area (TPSA) is 38.3 Å². The Kier molecular flexibility index (Phi) is 3.40. The molecule has 2 aliphatic rings. The number of ether oxygens (including phenoxy) is 1. The molecule has 2 heterocycles. The molecule has 2 atom stereocenters. The molecule has 2 fully saturated rings. The van der Waals surface area contributed by atoms with Crippen LogP contribution in [0.15, 0.2) is 0 Å². The van der Waals surface area contributed by atoms with Crippen molar-refractivity contribution in [2.45, 2.75) is 57.1 Å². The number of carbonyl (C=O) groups excluding carboxylic acids is 1. The molecule has 0 aromatic heterocycles. The van der Waals surface area contributed by atoms with Gasteiger partial charge >= 0.3 is 0 Å². The first-order valence-electron chi connectivity index (χ1n) is 5.75. The van der Waals surface area contributed by atoms with Crippen molar-refractivity contribution < 1.29 is 9.53 Å². The smallest absolute Gasteiger partial charge is 0.220 e. The Labute approximate surface area is 85.2 Å². The van der Waals surface area contributed by atoms with Crippen LogP contribution in [0.25, 0.3) is 0 Å². The highest BCUT2D eigenvalue weighted by atomic mass is 16.5. The SMILES string of the molecule is O=C1CCCCC(CC2CCCO2)N1. The summed E-state index contributed by atoms with van der Waals surface area (Å²) in [5, 5.41) is 3.09. The summed E-state index contributed by atoms with van der Waals surface area (Å²) >= 11 is 0. The second kappa shape index (κ2) is 4.78. The van der Waals surface area contributed by atoms with Crippen molar-refractivity contribution in [2.24, 2.45) is 0 Å². The Morgan fingerprint density at radius 2 is 2.21 bits per heavy atom. The largest absolute Gasteiger partial charge is 0.378 e. The van der Waals surface area contributed by atoms with E-state index in [0.717, 1.165) is 25.9 Å². The van der Waals surface area contributed by atoms with E-state index in [2.05, 4.69) is 5.32 Å². The van der Waals surface area contributed by atoms with Crippen molar-refractivity contribution in [3.05, 3.63) is 0 Å². The first kappa shape index (κ1) is 9.97. The van der Waals surface area contributed by atoms with Crippen molar-refractivity contribution in [3.8, 4) is 0 Å². The van der Waals surface area contributed by atoms with Crippen LogP contribution in [0.3, 0.4) is 0 Å². The summed E-state index contributed by atoms with van der Waals surface area (Å²) in [7, 11) is 0. The van der Waals surface area contributed by atoms with E-state index in [1.165, 1.54) is 19.3 Å². The van der Waals surface area contributed by atoms with Gasteiger partial charge in [-0.25, -0.2) is 0 Å². The summed E-state index contributed by atoms with van der Waals surface area (Å²) < 4.78 is 5.58. The molecule has 80 valence electrons. The van der Waals surface area contributed by atoms with E-state index in [4.69, 9.17) is 4.74 Å². The zero-order chi connectivity index (χ0) is 9.80.